The van der Waals surface area contributed by atoms with Crippen molar-refractivity contribution in [2.24, 2.45) is 0 Å². The van der Waals surface area contributed by atoms with Crippen LogP contribution in [0.3, 0.4) is 0 Å². The van der Waals surface area contributed by atoms with Crippen molar-refractivity contribution in [3.05, 3.63) is 40.4 Å². The SMILES string of the molecule is COCOc1cc(Cl)c(C2CC2)c(-c2c(F)cc3c(N4CCOCC(C)(O)C4)nc(OCC45CCCN4CCC5)nc3c2F)c1. The van der Waals surface area contributed by atoms with Crippen LogP contribution in [0.15, 0.2) is 18.2 Å². The highest BCUT2D eigenvalue weighted by Crippen LogP contribution is 2.50. The standard InChI is InChI=1S/C33H39ClF2N4O5/c1-32(41)16-39(11-12-43-17-32)30-23-15-25(35)27(22-13-21(45-19-42-2)14-24(34)26(22)20-5-6-20)28(36)29(23)37-31(38-30)44-18-33-7-3-9-40(33)10-4-8-33/h13-15,20,41H,3-12,16-19H2,1-2H3. The summed E-state index contributed by atoms with van der Waals surface area (Å²) >= 11 is 6.71. The Morgan fingerprint density at radius 1 is 1.09 bits per heavy atom. The minimum Gasteiger partial charge on any atom is -0.467 e. The van der Waals surface area contributed by atoms with E-state index in [1.807, 2.05) is 0 Å². The first-order valence-electron chi connectivity index (χ1n) is 15.8. The summed E-state index contributed by atoms with van der Waals surface area (Å²) in [5.74, 6) is -0.881. The van der Waals surface area contributed by atoms with Crippen LogP contribution >= 0.6 is 11.6 Å². The molecule has 0 radical (unpaired) electrons. The lowest BCUT2D eigenvalue weighted by atomic mass is 9.94. The summed E-state index contributed by atoms with van der Waals surface area (Å²) < 4.78 is 55.8. The lowest BCUT2D eigenvalue weighted by Crippen LogP contribution is -2.44. The van der Waals surface area contributed by atoms with Gasteiger partial charge in [0.05, 0.1) is 30.9 Å². The van der Waals surface area contributed by atoms with Crippen LogP contribution in [0, 0.1) is 11.6 Å². The van der Waals surface area contributed by atoms with Gasteiger partial charge < -0.3 is 29.0 Å². The van der Waals surface area contributed by atoms with E-state index in [1.165, 1.54) is 13.2 Å². The molecule has 4 heterocycles. The molecule has 242 valence electrons. The van der Waals surface area contributed by atoms with Gasteiger partial charge in [0.15, 0.2) is 12.6 Å². The molecule has 1 N–H and O–H groups in total. The van der Waals surface area contributed by atoms with E-state index in [0.717, 1.165) is 51.6 Å². The van der Waals surface area contributed by atoms with Gasteiger partial charge in [0, 0.05) is 24.1 Å². The maximum Gasteiger partial charge on any atom is 0.319 e. The molecule has 3 aliphatic heterocycles. The van der Waals surface area contributed by atoms with Crippen molar-refractivity contribution in [1.82, 2.24) is 14.9 Å². The lowest BCUT2D eigenvalue weighted by molar-refractivity contribution is -0.0123. The maximum atomic E-state index is 16.9. The van der Waals surface area contributed by atoms with E-state index in [-0.39, 0.29) is 59.7 Å². The van der Waals surface area contributed by atoms with E-state index in [9.17, 15) is 5.11 Å². The number of β-amino-alcohol motifs (C(OH)–C–C–N with tert-alkyl or cyclic N) is 1. The van der Waals surface area contributed by atoms with Crippen LogP contribution in [0.25, 0.3) is 22.0 Å². The van der Waals surface area contributed by atoms with E-state index in [4.69, 9.17) is 35.5 Å². The molecule has 7 rings (SSSR count). The zero-order chi connectivity index (χ0) is 31.3. The van der Waals surface area contributed by atoms with E-state index < -0.39 is 17.2 Å². The molecule has 45 heavy (non-hydrogen) atoms. The first-order valence-corrected chi connectivity index (χ1v) is 16.1. The van der Waals surface area contributed by atoms with Gasteiger partial charge in [-0.05, 0) is 93.8 Å². The molecule has 0 spiro atoms. The Hall–Kier alpha value is -2.83. The normalized spacial score (nSPS) is 23.4. The summed E-state index contributed by atoms with van der Waals surface area (Å²) in [6, 6.07) is 4.56. The van der Waals surface area contributed by atoms with Crippen LogP contribution < -0.4 is 14.4 Å². The largest absolute Gasteiger partial charge is 0.467 e. The number of aromatic nitrogens is 2. The van der Waals surface area contributed by atoms with Crippen molar-refractivity contribution in [3.8, 4) is 22.9 Å². The molecule has 0 bridgehead atoms. The van der Waals surface area contributed by atoms with Gasteiger partial charge in [0.25, 0.3) is 0 Å². The molecule has 0 amide bonds. The van der Waals surface area contributed by atoms with Gasteiger partial charge >= 0.3 is 6.01 Å². The number of halogens is 3. The van der Waals surface area contributed by atoms with Crippen molar-refractivity contribution in [3.63, 3.8) is 0 Å². The Kier molecular flexibility index (Phi) is 8.27. The van der Waals surface area contributed by atoms with Gasteiger partial charge in [-0.3, -0.25) is 4.90 Å². The van der Waals surface area contributed by atoms with E-state index in [0.29, 0.717) is 41.7 Å². The summed E-state index contributed by atoms with van der Waals surface area (Å²) in [6.07, 6.45) is 6.01. The van der Waals surface area contributed by atoms with E-state index in [2.05, 4.69) is 9.88 Å². The topological polar surface area (TPSA) is 89.4 Å². The van der Waals surface area contributed by atoms with Crippen LogP contribution in [0.1, 0.15) is 56.9 Å². The molecule has 1 unspecified atom stereocenters. The van der Waals surface area contributed by atoms with Crippen LogP contribution in [0.4, 0.5) is 14.6 Å². The Balaban J connectivity index is 1.37. The molecule has 1 atom stereocenters. The van der Waals surface area contributed by atoms with Gasteiger partial charge in [-0.25, -0.2) is 8.78 Å². The van der Waals surface area contributed by atoms with Crippen LogP contribution in [0.2, 0.25) is 5.02 Å². The molecule has 1 aromatic heterocycles. The number of hydrogen-bond donors (Lipinski definition) is 1. The Labute approximate surface area is 266 Å². The minimum absolute atomic E-state index is 0.0181. The summed E-state index contributed by atoms with van der Waals surface area (Å²) in [7, 11) is 1.49. The Bertz CT molecular complexity index is 1590. The Morgan fingerprint density at radius 3 is 2.60 bits per heavy atom. The van der Waals surface area contributed by atoms with Gasteiger partial charge in [-0.1, -0.05) is 11.6 Å². The van der Waals surface area contributed by atoms with Gasteiger partial charge in [-0.2, -0.15) is 9.97 Å². The molecule has 3 aromatic rings. The number of benzene rings is 2. The number of methoxy groups -OCH3 is 1. The number of hydrogen-bond acceptors (Lipinski definition) is 9. The molecule has 12 heteroatoms. The zero-order valence-electron chi connectivity index (χ0n) is 25.7. The lowest BCUT2D eigenvalue weighted by Gasteiger charge is -2.32. The first-order chi connectivity index (χ1) is 21.7. The quantitative estimate of drug-likeness (QED) is 0.296. The molecule has 3 saturated heterocycles. The fourth-order valence-corrected chi connectivity index (χ4v) is 7.72. The van der Waals surface area contributed by atoms with Crippen molar-refractivity contribution in [2.75, 3.05) is 64.8 Å². The average Bonchev–Trinajstić information content (AvgIpc) is 3.68. The Morgan fingerprint density at radius 2 is 1.87 bits per heavy atom. The molecule has 1 saturated carbocycles. The highest BCUT2D eigenvalue weighted by molar-refractivity contribution is 6.32. The molecule has 4 fully saturated rings. The van der Waals surface area contributed by atoms with E-state index in [1.54, 1.807) is 24.0 Å². The number of fused-ring (bicyclic) bond motifs is 2. The summed E-state index contributed by atoms with van der Waals surface area (Å²) in [6.45, 7) is 5.05. The highest BCUT2D eigenvalue weighted by atomic mass is 35.5. The predicted molar refractivity (Wildman–Crippen MR) is 166 cm³/mol. The predicted octanol–water partition coefficient (Wildman–Crippen LogP) is 5.68. The monoisotopic (exact) mass is 644 g/mol. The molecule has 9 nitrogen and oxygen atoms in total. The van der Waals surface area contributed by atoms with Crippen molar-refractivity contribution < 1.29 is 32.8 Å². The number of aliphatic hydroxyl groups is 1. The molecular weight excluding hydrogens is 606 g/mol. The van der Waals surface area contributed by atoms with Crippen LogP contribution in [-0.2, 0) is 9.47 Å². The summed E-state index contributed by atoms with van der Waals surface area (Å²) in [5, 5.41) is 11.5. The van der Waals surface area contributed by atoms with Gasteiger partial charge in [-0.15, -0.1) is 0 Å². The van der Waals surface area contributed by atoms with Gasteiger partial charge in [0.1, 0.15) is 35.1 Å². The number of rotatable bonds is 9. The second-order valence-electron chi connectivity index (χ2n) is 13.1. The summed E-state index contributed by atoms with van der Waals surface area (Å²) in [5.41, 5.74) is -0.557. The molecule has 4 aliphatic rings. The number of ether oxygens (including phenoxy) is 4. The smallest absolute Gasteiger partial charge is 0.319 e. The third kappa shape index (κ3) is 5.93. The number of nitrogens with zero attached hydrogens (tertiary/aromatic N) is 4. The van der Waals surface area contributed by atoms with Crippen molar-refractivity contribution in [1.29, 1.82) is 0 Å². The third-order valence-corrected chi connectivity index (χ3v) is 9.89. The minimum atomic E-state index is -1.20. The summed E-state index contributed by atoms with van der Waals surface area (Å²) in [4.78, 5) is 13.6. The zero-order valence-corrected chi connectivity index (χ0v) is 26.5. The van der Waals surface area contributed by atoms with Crippen LogP contribution in [-0.4, -0.2) is 91.0 Å². The highest BCUT2D eigenvalue weighted by Gasteiger charge is 2.45. The fraction of sp³-hybridized carbons (Fsp3) is 0.576. The van der Waals surface area contributed by atoms with Crippen LogP contribution in [0.5, 0.6) is 11.8 Å². The molecular formula is C33H39ClF2N4O5. The average molecular weight is 645 g/mol. The molecule has 1 aliphatic carbocycles. The number of anilines is 1. The van der Waals surface area contributed by atoms with Crippen molar-refractivity contribution in [2.45, 2.75) is 62.5 Å². The maximum absolute atomic E-state index is 16.9. The fourth-order valence-electron chi connectivity index (χ4n) is 7.35. The third-order valence-electron chi connectivity index (χ3n) is 9.57. The first kappa shape index (κ1) is 30.8. The molecule has 2 aromatic carbocycles. The van der Waals surface area contributed by atoms with Crippen molar-refractivity contribution >= 4 is 28.3 Å². The second kappa shape index (κ2) is 12.1. The van der Waals surface area contributed by atoms with E-state index >= 15 is 8.78 Å². The van der Waals surface area contributed by atoms with Gasteiger partial charge in [0.2, 0.25) is 0 Å². The second-order valence-corrected chi connectivity index (χ2v) is 13.6.